The summed E-state index contributed by atoms with van der Waals surface area (Å²) < 4.78 is 31.3. The summed E-state index contributed by atoms with van der Waals surface area (Å²) in [5.74, 6) is 3.79. The lowest BCUT2D eigenvalue weighted by Crippen LogP contribution is -2.45. The summed E-state index contributed by atoms with van der Waals surface area (Å²) in [5.41, 5.74) is 3.02. The van der Waals surface area contributed by atoms with Gasteiger partial charge in [0.15, 0.2) is 5.78 Å². The number of halogens is 2. The third-order valence-corrected chi connectivity index (χ3v) is 11.5. The lowest BCUT2D eigenvalue weighted by molar-refractivity contribution is 0.0754. The highest BCUT2D eigenvalue weighted by molar-refractivity contribution is 8.00. The summed E-state index contributed by atoms with van der Waals surface area (Å²) in [7, 11) is -0.709. The van der Waals surface area contributed by atoms with Crippen LogP contribution in [-0.4, -0.2) is 40.4 Å². The van der Waals surface area contributed by atoms with Gasteiger partial charge in [0.1, 0.15) is 11.5 Å². The fourth-order valence-electron chi connectivity index (χ4n) is 6.32. The summed E-state index contributed by atoms with van der Waals surface area (Å²) in [6, 6.07) is 11.3. The van der Waals surface area contributed by atoms with Crippen LogP contribution in [0.1, 0.15) is 47.9 Å². The van der Waals surface area contributed by atoms with Crippen LogP contribution < -0.4 is 0 Å². The minimum atomic E-state index is -2.61. The van der Waals surface area contributed by atoms with Gasteiger partial charge in [0, 0.05) is 50.3 Å². The maximum Gasteiger partial charge on any atom is 0.191 e. The van der Waals surface area contributed by atoms with Crippen molar-refractivity contribution in [3.8, 4) is 5.69 Å². The number of carbonyl (C=O) groups is 1. The van der Waals surface area contributed by atoms with E-state index in [0.717, 1.165) is 33.8 Å². The number of aryl methyl sites for hydroxylation is 1. The molecule has 1 aromatic carbocycles. The van der Waals surface area contributed by atoms with Crippen LogP contribution in [-0.2, 0) is 23.0 Å². The van der Waals surface area contributed by atoms with E-state index in [1.54, 1.807) is 41.3 Å². The minimum absolute atomic E-state index is 0.000756. The Kier molecular flexibility index (Phi) is 6.58. The average molecular weight is 577 g/mol. The maximum absolute atomic E-state index is 14.4. The fourth-order valence-corrected chi connectivity index (χ4v) is 8.40. The van der Waals surface area contributed by atoms with Gasteiger partial charge < -0.3 is 4.57 Å². The predicted octanol–water partition coefficient (Wildman–Crippen LogP) is 6.17. The number of fused-ring (bicyclic) bond motifs is 2. The van der Waals surface area contributed by atoms with Crippen molar-refractivity contribution in [2.45, 2.75) is 42.8 Å². The molecule has 4 aromatic rings. The van der Waals surface area contributed by atoms with Gasteiger partial charge in [0.2, 0.25) is 0 Å². The van der Waals surface area contributed by atoms with Gasteiger partial charge in [-0.25, -0.2) is 9.07 Å². The zero-order chi connectivity index (χ0) is 28.2. The molecule has 40 heavy (non-hydrogen) atoms. The molecule has 1 saturated carbocycles. The van der Waals surface area contributed by atoms with E-state index >= 15 is 0 Å². The summed E-state index contributed by atoms with van der Waals surface area (Å²) in [4.78, 5) is 19.5. The summed E-state index contributed by atoms with van der Waals surface area (Å²) in [6.45, 7) is 2.00. The molecule has 0 amide bonds. The number of nitrogens with zero attached hydrogens (tertiary/aromatic N) is 4. The van der Waals surface area contributed by atoms with Crippen molar-refractivity contribution in [2.24, 2.45) is 18.4 Å². The number of ketones is 1. The van der Waals surface area contributed by atoms with Crippen molar-refractivity contribution in [2.75, 3.05) is 0 Å². The predicted molar refractivity (Wildman–Crippen MR) is 157 cm³/mol. The summed E-state index contributed by atoms with van der Waals surface area (Å²) in [5, 5.41) is 4.82. The zero-order valence-corrected chi connectivity index (χ0v) is 24.0. The highest BCUT2D eigenvalue weighted by Crippen LogP contribution is 2.53. The van der Waals surface area contributed by atoms with Crippen molar-refractivity contribution in [3.63, 3.8) is 0 Å². The molecule has 206 valence electrons. The van der Waals surface area contributed by atoms with E-state index in [4.69, 9.17) is 11.6 Å². The number of carbonyl (C=O) groups excluding carboxylic acids is 1. The van der Waals surface area contributed by atoms with Crippen molar-refractivity contribution >= 4 is 38.9 Å². The second-order valence-electron chi connectivity index (χ2n) is 11.0. The number of aromatic nitrogens is 4. The molecule has 0 saturated heterocycles. The van der Waals surface area contributed by atoms with Crippen molar-refractivity contribution in [1.29, 1.82) is 0 Å². The molecule has 0 N–H and O–H groups in total. The van der Waals surface area contributed by atoms with Crippen LogP contribution in [0.4, 0.5) is 4.39 Å². The van der Waals surface area contributed by atoms with E-state index in [-0.39, 0.29) is 22.8 Å². The molecule has 6 nitrogen and oxygen atoms in total. The van der Waals surface area contributed by atoms with Gasteiger partial charge in [0.25, 0.3) is 0 Å². The highest BCUT2D eigenvalue weighted by Gasteiger charge is 2.51. The van der Waals surface area contributed by atoms with Crippen molar-refractivity contribution in [1.82, 2.24) is 19.3 Å². The minimum Gasteiger partial charge on any atom is -0.356 e. The Balaban J connectivity index is 1.43. The topological polar surface area (TPSA) is 69.8 Å². The van der Waals surface area contributed by atoms with Crippen LogP contribution in [0.2, 0.25) is 5.02 Å². The normalized spacial score (nSPS) is 22.5. The van der Waals surface area contributed by atoms with Gasteiger partial charge in [0.05, 0.1) is 23.0 Å². The Hall–Kier alpha value is -3.49. The van der Waals surface area contributed by atoms with Gasteiger partial charge in [-0.1, -0.05) is 24.1 Å². The number of benzene rings is 1. The molecule has 0 radical (unpaired) electrons. The van der Waals surface area contributed by atoms with Gasteiger partial charge in [-0.3, -0.25) is 14.0 Å². The third-order valence-electron chi connectivity index (χ3n) is 8.63. The van der Waals surface area contributed by atoms with E-state index in [0.29, 0.717) is 30.0 Å². The fraction of sp³-hybridized carbons (Fsp3) is 0.290. The SMILES string of the molecule is C=S(=O)(c1ccn(C)c1)C(C)[C@H]1CCC2=Cc3c(cnn3-c3ccc(F)cc3)C[C@]2(C(=O)c2cc(Cl)ccn2)C1. The third kappa shape index (κ3) is 4.43. The lowest BCUT2D eigenvalue weighted by Gasteiger charge is -2.45. The Morgan fingerprint density at radius 2 is 2.02 bits per heavy atom. The number of rotatable bonds is 6. The van der Waals surface area contributed by atoms with E-state index < -0.39 is 14.9 Å². The first-order chi connectivity index (χ1) is 19.1. The van der Waals surface area contributed by atoms with E-state index in [1.807, 2.05) is 37.0 Å². The summed E-state index contributed by atoms with van der Waals surface area (Å²) >= 11 is 6.28. The molecule has 2 aliphatic carbocycles. The molecule has 6 rings (SSSR count). The van der Waals surface area contributed by atoms with Crippen LogP contribution in [0, 0.1) is 17.2 Å². The van der Waals surface area contributed by atoms with Crippen LogP contribution in [0.25, 0.3) is 11.8 Å². The van der Waals surface area contributed by atoms with Crippen LogP contribution in [0.15, 0.2) is 77.7 Å². The molecule has 0 bridgehead atoms. The first kappa shape index (κ1) is 26.7. The molecule has 4 atom stereocenters. The summed E-state index contributed by atoms with van der Waals surface area (Å²) in [6.07, 6.45) is 11.6. The lowest BCUT2D eigenvalue weighted by atomic mass is 9.58. The number of allylic oxidation sites excluding steroid dienone is 1. The monoisotopic (exact) mass is 576 g/mol. The molecule has 2 aliphatic rings. The molecular formula is C31H30ClFN4O2S. The first-order valence-electron chi connectivity index (χ1n) is 13.3. The molecule has 1 fully saturated rings. The molecule has 0 aliphatic heterocycles. The first-order valence-corrected chi connectivity index (χ1v) is 15.4. The van der Waals surface area contributed by atoms with Crippen molar-refractivity contribution < 1.29 is 13.4 Å². The Bertz CT molecular complexity index is 1760. The Morgan fingerprint density at radius 1 is 1.25 bits per heavy atom. The Labute approximate surface area is 238 Å². The Morgan fingerprint density at radius 3 is 2.73 bits per heavy atom. The van der Waals surface area contributed by atoms with Gasteiger partial charge >= 0.3 is 0 Å². The van der Waals surface area contributed by atoms with Crippen LogP contribution in [0.5, 0.6) is 0 Å². The second kappa shape index (κ2) is 9.85. The molecule has 0 spiro atoms. The van der Waals surface area contributed by atoms with Crippen molar-refractivity contribution in [3.05, 3.63) is 101 Å². The van der Waals surface area contributed by atoms with Gasteiger partial charge in [-0.15, -0.1) is 0 Å². The quantitative estimate of drug-likeness (QED) is 0.203. The van der Waals surface area contributed by atoms with Crippen LogP contribution >= 0.6 is 11.6 Å². The largest absolute Gasteiger partial charge is 0.356 e. The standard InChI is InChI=1S/C31H30ClFN4O2S/c1-20(40(3,39)27-11-13-36(2)19-27)21-4-5-23-14-29-22(18-35-37(29)26-8-6-25(33)7-9-26)17-31(23,16-21)30(38)28-15-24(32)10-12-34-28/h6-15,18-21H,3-5,16-17H2,1-2H3/t20?,21-,31+,40?/m0/s1. The van der Waals surface area contributed by atoms with E-state index in [2.05, 4.69) is 22.0 Å². The van der Waals surface area contributed by atoms with Crippen LogP contribution in [0.3, 0.4) is 0 Å². The molecule has 3 aromatic heterocycles. The maximum atomic E-state index is 14.4. The van der Waals surface area contributed by atoms with E-state index in [9.17, 15) is 13.4 Å². The number of hydrogen-bond acceptors (Lipinski definition) is 4. The highest BCUT2D eigenvalue weighted by atomic mass is 35.5. The molecule has 9 heteroatoms. The second-order valence-corrected chi connectivity index (χ2v) is 14.1. The zero-order valence-electron chi connectivity index (χ0n) is 22.4. The van der Waals surface area contributed by atoms with E-state index in [1.165, 1.54) is 12.1 Å². The average Bonchev–Trinajstić information content (AvgIpc) is 3.57. The van der Waals surface area contributed by atoms with Gasteiger partial charge in [-0.05, 0) is 91.6 Å². The smallest absolute Gasteiger partial charge is 0.191 e. The molecule has 3 heterocycles. The molecular weight excluding hydrogens is 547 g/mol. The number of pyridine rings is 1. The number of hydrogen-bond donors (Lipinski definition) is 0. The number of Topliss-reactive ketones (excluding diaryl/α,β-unsaturated/α-hetero) is 1. The van der Waals surface area contributed by atoms with Gasteiger partial charge in [-0.2, -0.15) is 5.10 Å². The molecule has 2 unspecified atom stereocenters.